The molecule has 34 heavy (non-hydrogen) atoms. The molecule has 0 radical (unpaired) electrons. The lowest BCUT2D eigenvalue weighted by atomic mass is 10.0. The van der Waals surface area contributed by atoms with Crippen LogP contribution < -0.4 is 10.1 Å². The van der Waals surface area contributed by atoms with Crippen molar-refractivity contribution >= 4 is 11.8 Å². The molecule has 0 fully saturated rings. The van der Waals surface area contributed by atoms with Crippen LogP contribution in [-0.4, -0.2) is 36.4 Å². The average Bonchev–Trinajstić information content (AvgIpc) is 2.86. The summed E-state index contributed by atoms with van der Waals surface area (Å²) in [7, 11) is 1.55. The van der Waals surface area contributed by atoms with Gasteiger partial charge in [-0.3, -0.25) is 9.59 Å². The predicted molar refractivity (Wildman–Crippen MR) is 131 cm³/mol. The molecule has 5 nitrogen and oxygen atoms in total. The Kier molecular flexibility index (Phi) is 8.79. The summed E-state index contributed by atoms with van der Waals surface area (Å²) in [5.41, 5.74) is 2.83. The maximum Gasteiger partial charge on any atom is 0.261 e. The lowest BCUT2D eigenvalue weighted by molar-refractivity contribution is -0.142. The first-order chi connectivity index (χ1) is 16.4. The Morgan fingerprint density at radius 1 is 0.912 bits per heavy atom. The molecule has 178 valence electrons. The highest BCUT2D eigenvalue weighted by molar-refractivity contribution is 5.88. The van der Waals surface area contributed by atoms with Gasteiger partial charge in [0.2, 0.25) is 5.91 Å². The van der Waals surface area contributed by atoms with Crippen LogP contribution in [0, 0.1) is 5.82 Å². The van der Waals surface area contributed by atoms with Crippen LogP contribution in [-0.2, 0) is 22.6 Å². The van der Waals surface area contributed by atoms with Crippen LogP contribution in [0.15, 0.2) is 78.9 Å². The number of hydrogen-bond acceptors (Lipinski definition) is 3. The van der Waals surface area contributed by atoms with Crippen LogP contribution in [0.2, 0.25) is 0 Å². The number of likely N-dealkylation sites (N-methyl/N-ethyl adjacent to an activating group) is 1. The number of benzene rings is 3. The Morgan fingerprint density at radius 3 is 2.15 bits per heavy atom. The first-order valence-electron chi connectivity index (χ1n) is 11.4. The summed E-state index contributed by atoms with van der Waals surface area (Å²) in [6.45, 7) is 4.15. The van der Waals surface area contributed by atoms with E-state index >= 15 is 0 Å². The molecule has 0 saturated carbocycles. The van der Waals surface area contributed by atoms with Gasteiger partial charge in [0.25, 0.3) is 5.91 Å². The summed E-state index contributed by atoms with van der Waals surface area (Å²) < 4.78 is 19.2. The third kappa shape index (κ3) is 6.91. The topological polar surface area (TPSA) is 58.6 Å². The van der Waals surface area contributed by atoms with E-state index in [1.165, 1.54) is 22.6 Å². The number of halogens is 1. The number of amides is 2. The average molecular weight is 463 g/mol. The summed E-state index contributed by atoms with van der Waals surface area (Å²) in [6, 6.07) is 22.3. The van der Waals surface area contributed by atoms with Crippen LogP contribution in [0.3, 0.4) is 0 Å². The highest BCUT2D eigenvalue weighted by Crippen LogP contribution is 2.20. The van der Waals surface area contributed by atoms with Gasteiger partial charge >= 0.3 is 0 Å². The van der Waals surface area contributed by atoms with Crippen molar-refractivity contribution in [1.29, 1.82) is 0 Å². The molecule has 1 N–H and O–H groups in total. The molecule has 0 unspecified atom stereocenters. The minimum atomic E-state index is -0.753. The number of carbonyl (C=O) groups excluding carboxylic acids is 2. The largest absolute Gasteiger partial charge is 0.484 e. The maximum atomic E-state index is 13.4. The fourth-order valence-corrected chi connectivity index (χ4v) is 3.68. The Balaban J connectivity index is 1.83. The summed E-state index contributed by atoms with van der Waals surface area (Å²) in [5, 5.41) is 2.67. The van der Waals surface area contributed by atoms with Gasteiger partial charge in [0.05, 0.1) is 0 Å². The Morgan fingerprint density at radius 2 is 1.56 bits per heavy atom. The standard InChI is InChI=1S/C28H31FN2O3/c1-20(2)23-11-15-25(16-12-23)34-19-27(32)31(18-22-9-13-24(29)14-10-22)26(28(33)30-3)17-21-7-5-4-6-8-21/h4-16,20,26H,17-19H2,1-3H3,(H,30,33)/t26-/m1/s1. The van der Waals surface area contributed by atoms with E-state index in [2.05, 4.69) is 19.2 Å². The third-order valence-electron chi connectivity index (χ3n) is 5.69. The number of nitrogens with zero attached hydrogens (tertiary/aromatic N) is 1. The lowest BCUT2D eigenvalue weighted by Gasteiger charge is -2.31. The molecule has 3 aromatic carbocycles. The molecular weight excluding hydrogens is 431 g/mol. The number of ether oxygens (including phenoxy) is 1. The second-order valence-corrected chi connectivity index (χ2v) is 8.48. The van der Waals surface area contributed by atoms with Crippen LogP contribution in [0.25, 0.3) is 0 Å². The first kappa shape index (κ1) is 25.0. The molecule has 3 rings (SSSR count). The van der Waals surface area contributed by atoms with Gasteiger partial charge in [0.1, 0.15) is 17.6 Å². The summed E-state index contributed by atoms with van der Waals surface area (Å²) in [6.07, 6.45) is 0.344. The Hall–Kier alpha value is -3.67. The molecule has 3 aromatic rings. The van der Waals surface area contributed by atoms with E-state index in [1.54, 1.807) is 19.2 Å². The van der Waals surface area contributed by atoms with Crippen molar-refractivity contribution in [2.45, 2.75) is 38.8 Å². The van der Waals surface area contributed by atoms with E-state index < -0.39 is 6.04 Å². The monoisotopic (exact) mass is 462 g/mol. The fourth-order valence-electron chi connectivity index (χ4n) is 3.68. The molecule has 0 aromatic heterocycles. The maximum absolute atomic E-state index is 13.4. The zero-order valence-electron chi connectivity index (χ0n) is 19.8. The molecule has 0 heterocycles. The molecule has 2 amide bonds. The summed E-state index contributed by atoms with van der Waals surface area (Å²) in [4.78, 5) is 27.7. The number of rotatable bonds is 10. The lowest BCUT2D eigenvalue weighted by Crippen LogP contribution is -2.51. The second kappa shape index (κ2) is 12.0. The molecule has 0 aliphatic carbocycles. The fraction of sp³-hybridized carbons (Fsp3) is 0.286. The molecule has 0 spiro atoms. The predicted octanol–water partition coefficient (Wildman–Crippen LogP) is 4.71. The van der Waals surface area contributed by atoms with Crippen molar-refractivity contribution in [3.05, 3.63) is 101 Å². The molecule has 1 atom stereocenters. The quantitative estimate of drug-likeness (QED) is 0.475. The Bertz CT molecular complexity index is 1070. The zero-order valence-corrected chi connectivity index (χ0v) is 19.8. The molecule has 0 bridgehead atoms. The van der Waals surface area contributed by atoms with Crippen LogP contribution in [0.5, 0.6) is 5.75 Å². The second-order valence-electron chi connectivity index (χ2n) is 8.48. The van der Waals surface area contributed by atoms with Crippen LogP contribution >= 0.6 is 0 Å². The van der Waals surface area contributed by atoms with Gasteiger partial charge in [0.15, 0.2) is 6.61 Å². The molecule has 0 aliphatic heterocycles. The minimum absolute atomic E-state index is 0.152. The van der Waals surface area contributed by atoms with Gasteiger partial charge in [-0.15, -0.1) is 0 Å². The zero-order chi connectivity index (χ0) is 24.5. The van der Waals surface area contributed by atoms with Gasteiger partial charge in [-0.2, -0.15) is 0 Å². The number of carbonyl (C=O) groups is 2. The van der Waals surface area contributed by atoms with Crippen LogP contribution in [0.1, 0.15) is 36.5 Å². The van der Waals surface area contributed by atoms with Gasteiger partial charge < -0.3 is 15.0 Å². The highest BCUT2D eigenvalue weighted by Gasteiger charge is 2.30. The normalized spacial score (nSPS) is 11.7. The first-order valence-corrected chi connectivity index (χ1v) is 11.4. The Labute approximate surface area is 200 Å². The van der Waals surface area contributed by atoms with Gasteiger partial charge in [-0.25, -0.2) is 4.39 Å². The van der Waals surface area contributed by atoms with E-state index in [1.807, 2.05) is 54.6 Å². The van der Waals surface area contributed by atoms with Crippen molar-refractivity contribution in [2.75, 3.05) is 13.7 Å². The number of hydrogen-bond donors (Lipinski definition) is 1. The highest BCUT2D eigenvalue weighted by atomic mass is 19.1. The van der Waals surface area contributed by atoms with Crippen molar-refractivity contribution in [3.63, 3.8) is 0 Å². The smallest absolute Gasteiger partial charge is 0.261 e. The van der Waals surface area contributed by atoms with Crippen LogP contribution in [0.4, 0.5) is 4.39 Å². The minimum Gasteiger partial charge on any atom is -0.484 e. The number of nitrogens with one attached hydrogen (secondary N) is 1. The van der Waals surface area contributed by atoms with E-state index in [0.29, 0.717) is 18.1 Å². The molecule has 0 aliphatic rings. The van der Waals surface area contributed by atoms with Gasteiger partial charge in [0, 0.05) is 20.0 Å². The van der Waals surface area contributed by atoms with E-state index in [9.17, 15) is 14.0 Å². The van der Waals surface area contributed by atoms with Crippen molar-refractivity contribution in [2.24, 2.45) is 0 Å². The molecule has 0 saturated heterocycles. The van der Waals surface area contributed by atoms with Gasteiger partial charge in [-0.05, 0) is 46.9 Å². The third-order valence-corrected chi connectivity index (χ3v) is 5.69. The van der Waals surface area contributed by atoms with Gasteiger partial charge in [-0.1, -0.05) is 68.4 Å². The summed E-state index contributed by atoms with van der Waals surface area (Å²) in [5.74, 6) is 0.0107. The van der Waals surface area contributed by atoms with Crippen molar-refractivity contribution < 1.29 is 18.7 Å². The molecule has 6 heteroatoms. The van der Waals surface area contributed by atoms with Crippen molar-refractivity contribution in [3.8, 4) is 5.75 Å². The SMILES string of the molecule is CNC(=O)[C@@H](Cc1ccccc1)N(Cc1ccc(F)cc1)C(=O)COc1ccc(C(C)C)cc1. The molecular formula is C28H31FN2O3. The van der Waals surface area contributed by atoms with E-state index in [0.717, 1.165) is 11.1 Å². The van der Waals surface area contributed by atoms with Crippen molar-refractivity contribution in [1.82, 2.24) is 10.2 Å². The van der Waals surface area contributed by atoms with E-state index in [-0.39, 0.29) is 30.8 Å². The van der Waals surface area contributed by atoms with E-state index in [4.69, 9.17) is 4.74 Å². The summed E-state index contributed by atoms with van der Waals surface area (Å²) >= 11 is 0.